The van der Waals surface area contributed by atoms with E-state index in [-0.39, 0.29) is 17.9 Å². The van der Waals surface area contributed by atoms with E-state index in [2.05, 4.69) is 5.32 Å². The summed E-state index contributed by atoms with van der Waals surface area (Å²) in [5.74, 6) is -0.176. The second-order valence-corrected chi connectivity index (χ2v) is 5.42. The van der Waals surface area contributed by atoms with Crippen molar-refractivity contribution in [2.24, 2.45) is 0 Å². The average molecular weight is 290 g/mol. The molecule has 1 aromatic rings. The fourth-order valence-electron chi connectivity index (χ4n) is 2.68. The van der Waals surface area contributed by atoms with E-state index >= 15 is 0 Å². The van der Waals surface area contributed by atoms with Crippen molar-refractivity contribution in [1.29, 1.82) is 0 Å². The van der Waals surface area contributed by atoms with Crippen LogP contribution in [-0.2, 0) is 14.3 Å². The van der Waals surface area contributed by atoms with Gasteiger partial charge < -0.3 is 15.0 Å². The molecule has 0 bridgehead atoms. The molecule has 2 rings (SSSR count). The highest BCUT2D eigenvalue weighted by Gasteiger charge is 2.41. The van der Waals surface area contributed by atoms with Crippen molar-refractivity contribution in [3.8, 4) is 0 Å². The summed E-state index contributed by atoms with van der Waals surface area (Å²) in [6, 6.07) is 8.30. The lowest BCUT2D eigenvalue weighted by Gasteiger charge is -2.41. The predicted octanol–water partition coefficient (Wildman–Crippen LogP) is 1.50. The Hall–Kier alpha value is -1.88. The molecule has 5 nitrogen and oxygen atoms in total. The maximum atomic E-state index is 12.5. The van der Waals surface area contributed by atoms with Gasteiger partial charge in [0, 0.05) is 19.8 Å². The van der Waals surface area contributed by atoms with Gasteiger partial charge in [-0.2, -0.15) is 0 Å². The summed E-state index contributed by atoms with van der Waals surface area (Å²) in [6.45, 7) is 4.23. The Labute approximate surface area is 125 Å². The van der Waals surface area contributed by atoms with E-state index in [1.165, 1.54) is 0 Å². The Morgan fingerprint density at radius 3 is 2.57 bits per heavy atom. The minimum Gasteiger partial charge on any atom is -0.385 e. The molecule has 0 spiro atoms. The largest absolute Gasteiger partial charge is 0.385 e. The third-order valence-corrected chi connectivity index (χ3v) is 3.84. The number of benzene rings is 1. The third-order valence-electron chi connectivity index (χ3n) is 3.84. The third kappa shape index (κ3) is 3.24. The first-order valence-electron chi connectivity index (χ1n) is 7.22. The van der Waals surface area contributed by atoms with Gasteiger partial charge in [-0.3, -0.25) is 9.59 Å². The fraction of sp³-hybridized carbons (Fsp3) is 0.500. The number of rotatable bonds is 5. The van der Waals surface area contributed by atoms with E-state index in [0.29, 0.717) is 13.0 Å². The molecule has 1 N–H and O–H groups in total. The van der Waals surface area contributed by atoms with E-state index in [1.54, 1.807) is 18.9 Å². The second-order valence-electron chi connectivity index (χ2n) is 5.42. The predicted molar refractivity (Wildman–Crippen MR) is 79.6 cm³/mol. The van der Waals surface area contributed by atoms with Crippen LogP contribution in [0.25, 0.3) is 0 Å². The maximum Gasteiger partial charge on any atom is 0.248 e. The number of hydrogen-bond donors (Lipinski definition) is 1. The van der Waals surface area contributed by atoms with Gasteiger partial charge in [-0.05, 0) is 25.8 Å². The minimum atomic E-state index is -0.568. The number of hydrogen-bond acceptors (Lipinski definition) is 3. The van der Waals surface area contributed by atoms with Crippen molar-refractivity contribution in [1.82, 2.24) is 10.2 Å². The first-order chi connectivity index (χ1) is 10.1. The SMILES string of the molecule is COCCC(C)N1C(=O)C(C)NC(=O)C1c1ccccc1. The molecule has 2 amide bonds. The number of nitrogens with one attached hydrogen (secondary N) is 1. The van der Waals surface area contributed by atoms with E-state index in [4.69, 9.17) is 4.74 Å². The van der Waals surface area contributed by atoms with Crippen LogP contribution in [0.1, 0.15) is 31.9 Å². The quantitative estimate of drug-likeness (QED) is 0.894. The Bertz CT molecular complexity index is 504. The zero-order chi connectivity index (χ0) is 15.4. The lowest BCUT2D eigenvalue weighted by molar-refractivity contribution is -0.152. The molecule has 0 saturated carbocycles. The topological polar surface area (TPSA) is 58.6 Å². The molecule has 1 fully saturated rings. The number of carbonyl (C=O) groups excluding carboxylic acids is 2. The summed E-state index contributed by atoms with van der Waals surface area (Å²) in [5, 5.41) is 2.76. The number of nitrogens with zero attached hydrogens (tertiary/aromatic N) is 1. The molecule has 21 heavy (non-hydrogen) atoms. The van der Waals surface area contributed by atoms with Gasteiger partial charge in [0.05, 0.1) is 0 Å². The molecule has 5 heteroatoms. The lowest BCUT2D eigenvalue weighted by Crippen LogP contribution is -2.60. The van der Waals surface area contributed by atoms with Crippen LogP contribution in [0.2, 0.25) is 0 Å². The van der Waals surface area contributed by atoms with Crippen molar-refractivity contribution in [3.63, 3.8) is 0 Å². The molecule has 1 aliphatic heterocycles. The molecule has 0 radical (unpaired) electrons. The van der Waals surface area contributed by atoms with Crippen LogP contribution in [0.3, 0.4) is 0 Å². The highest BCUT2D eigenvalue weighted by molar-refractivity contribution is 5.97. The normalized spacial score (nSPS) is 23.9. The maximum absolute atomic E-state index is 12.5. The van der Waals surface area contributed by atoms with Crippen molar-refractivity contribution < 1.29 is 14.3 Å². The number of amides is 2. The van der Waals surface area contributed by atoms with Crippen molar-refractivity contribution >= 4 is 11.8 Å². The molecule has 0 aromatic heterocycles. The molecule has 1 aliphatic rings. The van der Waals surface area contributed by atoms with Crippen LogP contribution >= 0.6 is 0 Å². The molecule has 1 aromatic carbocycles. The van der Waals surface area contributed by atoms with Crippen molar-refractivity contribution in [2.45, 2.75) is 38.4 Å². The van der Waals surface area contributed by atoms with Gasteiger partial charge in [-0.15, -0.1) is 0 Å². The zero-order valence-electron chi connectivity index (χ0n) is 12.7. The molecule has 114 valence electrons. The summed E-state index contributed by atoms with van der Waals surface area (Å²) in [5.41, 5.74) is 0.833. The first-order valence-corrected chi connectivity index (χ1v) is 7.22. The number of carbonyl (C=O) groups is 2. The molecule has 1 saturated heterocycles. The molecular formula is C16H22N2O3. The number of methoxy groups -OCH3 is 1. The van der Waals surface area contributed by atoms with Gasteiger partial charge in [0.2, 0.25) is 11.8 Å². The highest BCUT2D eigenvalue weighted by Crippen LogP contribution is 2.28. The Morgan fingerprint density at radius 2 is 1.95 bits per heavy atom. The highest BCUT2D eigenvalue weighted by atomic mass is 16.5. The molecule has 1 heterocycles. The Balaban J connectivity index is 2.32. The second kappa shape index (κ2) is 6.72. The van der Waals surface area contributed by atoms with Gasteiger partial charge in [0.15, 0.2) is 0 Å². The van der Waals surface area contributed by atoms with Gasteiger partial charge in [-0.25, -0.2) is 0 Å². The summed E-state index contributed by atoms with van der Waals surface area (Å²) in [6.07, 6.45) is 0.700. The average Bonchev–Trinajstić information content (AvgIpc) is 2.49. The lowest BCUT2D eigenvalue weighted by atomic mass is 9.97. The molecule has 3 atom stereocenters. The molecule has 0 aliphatic carbocycles. The van der Waals surface area contributed by atoms with E-state index in [0.717, 1.165) is 5.56 Å². The first kappa shape index (κ1) is 15.5. The Morgan fingerprint density at radius 1 is 1.29 bits per heavy atom. The van der Waals surface area contributed by atoms with Gasteiger partial charge in [0.25, 0.3) is 0 Å². The van der Waals surface area contributed by atoms with Crippen LogP contribution < -0.4 is 5.32 Å². The van der Waals surface area contributed by atoms with Gasteiger partial charge in [-0.1, -0.05) is 30.3 Å². The van der Waals surface area contributed by atoms with Crippen LogP contribution in [-0.4, -0.2) is 42.5 Å². The smallest absolute Gasteiger partial charge is 0.248 e. The fourth-order valence-corrected chi connectivity index (χ4v) is 2.68. The van der Waals surface area contributed by atoms with Crippen molar-refractivity contribution in [3.05, 3.63) is 35.9 Å². The van der Waals surface area contributed by atoms with Gasteiger partial charge in [0.1, 0.15) is 12.1 Å². The Kier molecular flexibility index (Phi) is 4.96. The number of piperazine rings is 1. The zero-order valence-corrected chi connectivity index (χ0v) is 12.7. The summed E-state index contributed by atoms with van der Waals surface area (Å²) in [7, 11) is 1.63. The van der Waals surface area contributed by atoms with Crippen LogP contribution in [0.15, 0.2) is 30.3 Å². The monoisotopic (exact) mass is 290 g/mol. The standard InChI is InChI=1S/C16H22N2O3/c1-11(9-10-21-3)18-14(13-7-5-4-6-8-13)15(19)17-12(2)16(18)20/h4-8,11-12,14H,9-10H2,1-3H3,(H,17,19). The van der Waals surface area contributed by atoms with E-state index < -0.39 is 12.1 Å². The summed E-state index contributed by atoms with van der Waals surface area (Å²) >= 11 is 0. The van der Waals surface area contributed by atoms with Crippen LogP contribution in [0.5, 0.6) is 0 Å². The molecule has 3 unspecified atom stereocenters. The van der Waals surface area contributed by atoms with Crippen molar-refractivity contribution in [2.75, 3.05) is 13.7 Å². The number of ether oxygens (including phenoxy) is 1. The summed E-state index contributed by atoms with van der Waals surface area (Å²) < 4.78 is 5.09. The minimum absolute atomic E-state index is 0.0490. The van der Waals surface area contributed by atoms with E-state index in [9.17, 15) is 9.59 Å². The molecular weight excluding hydrogens is 268 g/mol. The van der Waals surface area contributed by atoms with Crippen LogP contribution in [0, 0.1) is 0 Å². The van der Waals surface area contributed by atoms with Crippen LogP contribution in [0.4, 0.5) is 0 Å². The summed E-state index contributed by atoms with van der Waals surface area (Å²) in [4.78, 5) is 26.6. The van der Waals surface area contributed by atoms with Gasteiger partial charge >= 0.3 is 0 Å². The van der Waals surface area contributed by atoms with E-state index in [1.807, 2.05) is 37.3 Å².